The number of ether oxygens (including phenoxy) is 1. The number of aromatic nitrogens is 1. The SMILES string of the molecule is CNC(=O)c1cccc(CNC(=O)c2cccn2C2CCN(C(=O)OC(C)(C)C)CC2)c1. The molecular formula is C24H32N4O4. The van der Waals surface area contributed by atoms with E-state index in [0.717, 1.165) is 18.4 Å². The molecular weight excluding hydrogens is 408 g/mol. The van der Waals surface area contributed by atoms with Crippen LogP contribution in [0.25, 0.3) is 0 Å². The molecule has 1 aromatic heterocycles. The number of amides is 3. The molecule has 3 amide bonds. The van der Waals surface area contributed by atoms with Gasteiger partial charge in [0.05, 0.1) is 0 Å². The summed E-state index contributed by atoms with van der Waals surface area (Å²) < 4.78 is 7.45. The molecule has 0 saturated carbocycles. The predicted octanol–water partition coefficient (Wildman–Crippen LogP) is 3.35. The van der Waals surface area contributed by atoms with E-state index in [2.05, 4.69) is 10.6 Å². The van der Waals surface area contributed by atoms with Gasteiger partial charge in [0.1, 0.15) is 11.3 Å². The molecule has 8 heteroatoms. The molecule has 2 N–H and O–H groups in total. The van der Waals surface area contributed by atoms with Crippen LogP contribution in [0.2, 0.25) is 0 Å². The third-order valence-corrected chi connectivity index (χ3v) is 5.39. The number of carbonyl (C=O) groups excluding carboxylic acids is 3. The van der Waals surface area contributed by atoms with Crippen LogP contribution >= 0.6 is 0 Å². The minimum atomic E-state index is -0.514. The van der Waals surface area contributed by atoms with Gasteiger partial charge < -0.3 is 24.8 Å². The third kappa shape index (κ3) is 5.90. The first-order valence-corrected chi connectivity index (χ1v) is 10.9. The van der Waals surface area contributed by atoms with Gasteiger partial charge in [-0.3, -0.25) is 9.59 Å². The Balaban J connectivity index is 1.58. The van der Waals surface area contributed by atoms with Gasteiger partial charge in [0.15, 0.2) is 0 Å². The summed E-state index contributed by atoms with van der Waals surface area (Å²) in [7, 11) is 1.59. The van der Waals surface area contributed by atoms with E-state index in [1.165, 1.54) is 0 Å². The summed E-state index contributed by atoms with van der Waals surface area (Å²) in [5.74, 6) is -0.334. The number of carbonyl (C=O) groups is 3. The standard InChI is InChI=1S/C24H32N4O4/c1-24(2,3)32-23(31)27-13-10-19(11-14-27)28-12-6-9-20(28)22(30)26-16-17-7-5-8-18(15-17)21(29)25-4/h5-9,12,15,19H,10-11,13-14,16H2,1-4H3,(H,25,29)(H,26,30). The zero-order chi connectivity index (χ0) is 23.3. The lowest BCUT2D eigenvalue weighted by molar-refractivity contribution is 0.0187. The quantitative estimate of drug-likeness (QED) is 0.746. The van der Waals surface area contributed by atoms with Gasteiger partial charge in [-0.15, -0.1) is 0 Å². The summed E-state index contributed by atoms with van der Waals surface area (Å²) in [6.45, 7) is 7.08. The molecule has 32 heavy (non-hydrogen) atoms. The number of likely N-dealkylation sites (tertiary alicyclic amines) is 1. The fourth-order valence-corrected chi connectivity index (χ4v) is 3.80. The molecule has 1 saturated heterocycles. The van der Waals surface area contributed by atoms with Crippen molar-refractivity contribution in [2.75, 3.05) is 20.1 Å². The summed E-state index contributed by atoms with van der Waals surface area (Å²) in [4.78, 5) is 38.7. The zero-order valence-corrected chi connectivity index (χ0v) is 19.2. The molecule has 172 valence electrons. The van der Waals surface area contributed by atoms with Crippen molar-refractivity contribution < 1.29 is 19.1 Å². The molecule has 2 heterocycles. The smallest absolute Gasteiger partial charge is 0.410 e. The average Bonchev–Trinajstić information content (AvgIpc) is 3.26. The van der Waals surface area contributed by atoms with Crippen LogP contribution in [0.4, 0.5) is 4.79 Å². The van der Waals surface area contributed by atoms with Gasteiger partial charge in [-0.25, -0.2) is 4.79 Å². The van der Waals surface area contributed by atoms with E-state index in [9.17, 15) is 14.4 Å². The number of benzene rings is 1. The highest BCUT2D eigenvalue weighted by Crippen LogP contribution is 2.25. The van der Waals surface area contributed by atoms with Crippen LogP contribution in [0, 0.1) is 0 Å². The van der Waals surface area contributed by atoms with Gasteiger partial charge in [-0.2, -0.15) is 0 Å². The Labute approximate surface area is 188 Å². The number of rotatable bonds is 5. The molecule has 3 rings (SSSR count). The lowest BCUT2D eigenvalue weighted by atomic mass is 10.0. The zero-order valence-electron chi connectivity index (χ0n) is 19.2. The Morgan fingerprint density at radius 3 is 2.44 bits per heavy atom. The molecule has 1 aromatic carbocycles. The van der Waals surface area contributed by atoms with Gasteiger partial charge in [0.25, 0.3) is 11.8 Å². The van der Waals surface area contributed by atoms with Crippen LogP contribution in [0.15, 0.2) is 42.6 Å². The van der Waals surface area contributed by atoms with Crippen molar-refractivity contribution in [3.05, 3.63) is 59.4 Å². The average molecular weight is 441 g/mol. The first-order valence-electron chi connectivity index (χ1n) is 10.9. The summed E-state index contributed by atoms with van der Waals surface area (Å²) in [6, 6.07) is 11.0. The molecule has 8 nitrogen and oxygen atoms in total. The van der Waals surface area contributed by atoms with E-state index >= 15 is 0 Å². The van der Waals surface area contributed by atoms with Gasteiger partial charge in [-0.05, 0) is 63.4 Å². The first kappa shape index (κ1) is 23.4. The Morgan fingerprint density at radius 1 is 1.06 bits per heavy atom. The lowest BCUT2D eigenvalue weighted by Gasteiger charge is -2.34. The van der Waals surface area contributed by atoms with Crippen LogP contribution in [-0.4, -0.2) is 53.1 Å². The molecule has 0 aliphatic carbocycles. The van der Waals surface area contributed by atoms with E-state index < -0.39 is 5.60 Å². The summed E-state index contributed by atoms with van der Waals surface area (Å²) >= 11 is 0. The minimum Gasteiger partial charge on any atom is -0.444 e. The lowest BCUT2D eigenvalue weighted by Crippen LogP contribution is -2.42. The summed E-state index contributed by atoms with van der Waals surface area (Å²) in [5, 5.41) is 5.54. The van der Waals surface area contributed by atoms with E-state index in [0.29, 0.717) is 30.9 Å². The van der Waals surface area contributed by atoms with Gasteiger partial charge in [-0.1, -0.05) is 12.1 Å². The molecule has 1 aliphatic rings. The number of hydrogen-bond donors (Lipinski definition) is 2. The van der Waals surface area contributed by atoms with Gasteiger partial charge >= 0.3 is 6.09 Å². The highest BCUT2D eigenvalue weighted by atomic mass is 16.6. The topological polar surface area (TPSA) is 92.7 Å². The number of nitrogens with zero attached hydrogens (tertiary/aromatic N) is 2. The molecule has 0 unspecified atom stereocenters. The molecule has 1 aliphatic heterocycles. The van der Waals surface area contributed by atoms with Gasteiger partial charge in [0, 0.05) is 44.5 Å². The van der Waals surface area contributed by atoms with E-state index in [1.807, 2.05) is 43.7 Å². The van der Waals surface area contributed by atoms with Crippen LogP contribution in [0.5, 0.6) is 0 Å². The minimum absolute atomic E-state index is 0.140. The van der Waals surface area contributed by atoms with Crippen molar-refractivity contribution in [1.29, 1.82) is 0 Å². The maximum absolute atomic E-state index is 12.9. The maximum atomic E-state index is 12.9. The number of hydrogen-bond acceptors (Lipinski definition) is 4. The fraction of sp³-hybridized carbons (Fsp3) is 0.458. The molecule has 0 spiro atoms. The Hall–Kier alpha value is -3.29. The third-order valence-electron chi connectivity index (χ3n) is 5.39. The second-order valence-electron chi connectivity index (χ2n) is 8.96. The highest BCUT2D eigenvalue weighted by molar-refractivity contribution is 5.94. The van der Waals surface area contributed by atoms with Crippen molar-refractivity contribution in [1.82, 2.24) is 20.1 Å². The number of piperidine rings is 1. The van der Waals surface area contributed by atoms with Crippen molar-refractivity contribution in [2.24, 2.45) is 0 Å². The maximum Gasteiger partial charge on any atom is 0.410 e. The van der Waals surface area contributed by atoms with E-state index in [-0.39, 0.29) is 23.9 Å². The van der Waals surface area contributed by atoms with Crippen molar-refractivity contribution in [3.8, 4) is 0 Å². The van der Waals surface area contributed by atoms with Crippen LogP contribution in [0.3, 0.4) is 0 Å². The van der Waals surface area contributed by atoms with Crippen molar-refractivity contribution >= 4 is 17.9 Å². The largest absolute Gasteiger partial charge is 0.444 e. The highest BCUT2D eigenvalue weighted by Gasteiger charge is 2.28. The van der Waals surface area contributed by atoms with E-state index in [1.54, 1.807) is 36.2 Å². The van der Waals surface area contributed by atoms with Crippen LogP contribution in [-0.2, 0) is 11.3 Å². The van der Waals surface area contributed by atoms with Gasteiger partial charge in [0.2, 0.25) is 0 Å². The first-order chi connectivity index (χ1) is 15.2. The molecule has 0 radical (unpaired) electrons. The Kier molecular flexibility index (Phi) is 7.22. The monoisotopic (exact) mass is 440 g/mol. The fourth-order valence-electron chi connectivity index (χ4n) is 3.80. The summed E-state index contributed by atoms with van der Waals surface area (Å²) in [5.41, 5.74) is 1.48. The second kappa shape index (κ2) is 9.89. The van der Waals surface area contributed by atoms with Crippen molar-refractivity contribution in [2.45, 2.75) is 51.8 Å². The normalized spacial score (nSPS) is 14.7. The van der Waals surface area contributed by atoms with Crippen molar-refractivity contribution in [3.63, 3.8) is 0 Å². The molecule has 0 atom stereocenters. The summed E-state index contributed by atoms with van der Waals surface area (Å²) in [6.07, 6.45) is 3.13. The predicted molar refractivity (Wildman–Crippen MR) is 122 cm³/mol. The van der Waals surface area contributed by atoms with Crippen LogP contribution < -0.4 is 10.6 Å². The van der Waals surface area contributed by atoms with Crippen LogP contribution in [0.1, 0.15) is 66.1 Å². The van der Waals surface area contributed by atoms with E-state index in [4.69, 9.17) is 4.74 Å². The molecule has 2 aromatic rings. The molecule has 1 fully saturated rings. The Bertz CT molecular complexity index is 968. The molecule has 0 bridgehead atoms. The second-order valence-corrected chi connectivity index (χ2v) is 8.96. The number of nitrogens with one attached hydrogen (secondary N) is 2. The Morgan fingerprint density at radius 2 is 1.78 bits per heavy atom.